The fourth-order valence-electron chi connectivity index (χ4n) is 2.87. The monoisotopic (exact) mass is 488 g/mol. The number of amides is 2. The number of aromatic nitrogens is 2. The zero-order valence-electron chi connectivity index (χ0n) is 17.1. The number of benzene rings is 2. The van der Waals surface area contributed by atoms with Crippen molar-refractivity contribution in [3.63, 3.8) is 0 Å². The van der Waals surface area contributed by atoms with Crippen LogP contribution in [-0.2, 0) is 11.0 Å². The molecule has 8 nitrogen and oxygen atoms in total. The summed E-state index contributed by atoms with van der Waals surface area (Å²) < 4.78 is 44.4. The minimum absolute atomic E-state index is 0.137. The van der Waals surface area contributed by atoms with E-state index in [0.29, 0.717) is 21.8 Å². The van der Waals surface area contributed by atoms with Gasteiger partial charge in [0.05, 0.1) is 5.56 Å². The van der Waals surface area contributed by atoms with Crippen LogP contribution in [0.3, 0.4) is 0 Å². The van der Waals surface area contributed by atoms with E-state index in [1.54, 1.807) is 30.3 Å². The molecule has 34 heavy (non-hydrogen) atoms. The van der Waals surface area contributed by atoms with E-state index < -0.39 is 30.2 Å². The standard InChI is InChI=1S/C22H15F3N4O4S/c23-22(24,25)13-4-1-3-12(9-13)19(32)26-14-5-2-6-15(10-14)33-18-8-7-16-20(29-18)34-21(27-16)28-17(31)11-30/h1-10,30H,11H2,(H,26,32)(H,27,28,31). The molecule has 3 N–H and O–H groups in total. The van der Waals surface area contributed by atoms with Crippen molar-refractivity contribution in [1.29, 1.82) is 0 Å². The number of thiazole rings is 1. The van der Waals surface area contributed by atoms with E-state index in [9.17, 15) is 22.8 Å². The van der Waals surface area contributed by atoms with Crippen molar-refractivity contribution in [2.45, 2.75) is 6.18 Å². The first kappa shape index (κ1) is 23.1. The number of carbonyl (C=O) groups excluding carboxylic acids is 2. The van der Waals surface area contributed by atoms with Crippen molar-refractivity contribution in [3.05, 3.63) is 71.8 Å². The highest BCUT2D eigenvalue weighted by molar-refractivity contribution is 7.21. The van der Waals surface area contributed by atoms with Crippen LogP contribution >= 0.6 is 11.3 Å². The molecule has 0 aliphatic heterocycles. The van der Waals surface area contributed by atoms with Gasteiger partial charge in [0.2, 0.25) is 5.88 Å². The second kappa shape index (κ2) is 9.45. The highest BCUT2D eigenvalue weighted by Gasteiger charge is 2.30. The maximum atomic E-state index is 12.9. The van der Waals surface area contributed by atoms with Gasteiger partial charge in [-0.2, -0.15) is 13.2 Å². The van der Waals surface area contributed by atoms with Crippen molar-refractivity contribution in [2.75, 3.05) is 17.2 Å². The Hall–Kier alpha value is -4.03. The Bertz CT molecular complexity index is 1370. The van der Waals surface area contributed by atoms with E-state index in [1.807, 2.05) is 0 Å². The zero-order valence-corrected chi connectivity index (χ0v) is 17.9. The number of pyridine rings is 1. The molecule has 2 heterocycles. The summed E-state index contributed by atoms with van der Waals surface area (Å²) in [6, 6.07) is 13.6. The number of alkyl halides is 3. The van der Waals surface area contributed by atoms with Crippen molar-refractivity contribution in [2.24, 2.45) is 0 Å². The summed E-state index contributed by atoms with van der Waals surface area (Å²) in [6.07, 6.45) is -4.55. The Morgan fingerprint density at radius 3 is 2.56 bits per heavy atom. The molecular formula is C22H15F3N4O4S. The summed E-state index contributed by atoms with van der Waals surface area (Å²) in [4.78, 5) is 32.7. The number of fused-ring (bicyclic) bond motifs is 1. The largest absolute Gasteiger partial charge is 0.439 e. The second-order valence-corrected chi connectivity index (χ2v) is 7.84. The van der Waals surface area contributed by atoms with Crippen LogP contribution < -0.4 is 15.4 Å². The number of halogens is 3. The number of nitrogens with zero attached hydrogens (tertiary/aromatic N) is 2. The molecule has 2 amide bonds. The molecular weight excluding hydrogens is 473 g/mol. The number of carbonyl (C=O) groups is 2. The van der Waals surface area contributed by atoms with Crippen LogP contribution in [-0.4, -0.2) is 33.5 Å². The topological polar surface area (TPSA) is 113 Å². The third kappa shape index (κ3) is 5.47. The third-order valence-electron chi connectivity index (χ3n) is 4.39. The van der Waals surface area contributed by atoms with E-state index in [2.05, 4.69) is 20.6 Å². The zero-order chi connectivity index (χ0) is 24.3. The van der Waals surface area contributed by atoms with Gasteiger partial charge in [0.1, 0.15) is 22.7 Å². The van der Waals surface area contributed by atoms with Crippen LogP contribution in [0.25, 0.3) is 10.3 Å². The molecule has 2 aromatic heterocycles. The highest BCUT2D eigenvalue weighted by atomic mass is 32.1. The summed E-state index contributed by atoms with van der Waals surface area (Å²) in [7, 11) is 0. The van der Waals surface area contributed by atoms with Gasteiger partial charge in [0.25, 0.3) is 11.8 Å². The van der Waals surface area contributed by atoms with E-state index in [4.69, 9.17) is 9.84 Å². The van der Waals surface area contributed by atoms with Gasteiger partial charge in [0.15, 0.2) is 5.13 Å². The van der Waals surface area contributed by atoms with Gasteiger partial charge >= 0.3 is 6.18 Å². The number of rotatable bonds is 6. The van der Waals surface area contributed by atoms with Gasteiger partial charge in [-0.3, -0.25) is 14.9 Å². The van der Waals surface area contributed by atoms with Gasteiger partial charge in [-0.1, -0.05) is 23.5 Å². The maximum Gasteiger partial charge on any atom is 0.416 e. The molecule has 0 aliphatic carbocycles. The quantitative estimate of drug-likeness (QED) is 0.363. The van der Waals surface area contributed by atoms with Crippen LogP contribution in [0.5, 0.6) is 11.6 Å². The Kier molecular flexibility index (Phi) is 6.43. The number of aliphatic hydroxyl groups is 1. The van der Waals surface area contributed by atoms with E-state index in [1.165, 1.54) is 18.2 Å². The van der Waals surface area contributed by atoms with Crippen molar-refractivity contribution in [1.82, 2.24) is 9.97 Å². The normalized spacial score (nSPS) is 11.3. The lowest BCUT2D eigenvalue weighted by atomic mass is 10.1. The minimum Gasteiger partial charge on any atom is -0.439 e. The van der Waals surface area contributed by atoms with Gasteiger partial charge < -0.3 is 15.2 Å². The lowest BCUT2D eigenvalue weighted by molar-refractivity contribution is -0.137. The van der Waals surface area contributed by atoms with Crippen LogP contribution in [0.15, 0.2) is 60.7 Å². The van der Waals surface area contributed by atoms with Crippen molar-refractivity contribution >= 4 is 44.3 Å². The first-order chi connectivity index (χ1) is 16.2. The smallest absolute Gasteiger partial charge is 0.416 e. The van der Waals surface area contributed by atoms with Crippen LogP contribution in [0.1, 0.15) is 15.9 Å². The third-order valence-corrected chi connectivity index (χ3v) is 5.27. The Morgan fingerprint density at radius 1 is 1.00 bits per heavy atom. The van der Waals surface area contributed by atoms with E-state index in [0.717, 1.165) is 23.5 Å². The fraction of sp³-hybridized carbons (Fsp3) is 0.0909. The number of hydrogen-bond acceptors (Lipinski definition) is 7. The minimum atomic E-state index is -4.55. The summed E-state index contributed by atoms with van der Waals surface area (Å²) in [5.41, 5.74) is -0.219. The van der Waals surface area contributed by atoms with Gasteiger partial charge in [-0.15, -0.1) is 0 Å². The molecule has 2 aromatic carbocycles. The molecule has 0 fully saturated rings. The highest BCUT2D eigenvalue weighted by Crippen LogP contribution is 2.31. The predicted octanol–water partition coefficient (Wildman–Crippen LogP) is 4.69. The molecule has 4 aromatic rings. The van der Waals surface area contributed by atoms with Crippen molar-refractivity contribution in [3.8, 4) is 11.6 Å². The lowest BCUT2D eigenvalue weighted by Crippen LogP contribution is -2.14. The summed E-state index contributed by atoms with van der Waals surface area (Å²) in [6.45, 7) is -0.668. The van der Waals surface area contributed by atoms with Gasteiger partial charge in [0, 0.05) is 23.4 Å². The molecule has 0 atom stereocenters. The van der Waals surface area contributed by atoms with E-state index >= 15 is 0 Å². The molecule has 0 saturated carbocycles. The summed E-state index contributed by atoms with van der Waals surface area (Å²) in [5, 5.41) is 14.1. The fourth-order valence-corrected chi connectivity index (χ4v) is 3.71. The molecule has 0 aliphatic rings. The SMILES string of the molecule is O=C(CO)Nc1nc2ccc(Oc3cccc(NC(=O)c4cccc(C(F)(F)F)c4)c3)nc2s1. The number of ether oxygens (including phenoxy) is 1. The molecule has 0 saturated heterocycles. The molecule has 0 unspecified atom stereocenters. The van der Waals surface area contributed by atoms with Crippen LogP contribution in [0.2, 0.25) is 0 Å². The van der Waals surface area contributed by atoms with E-state index in [-0.39, 0.29) is 16.6 Å². The molecule has 4 rings (SSSR count). The van der Waals surface area contributed by atoms with Crippen LogP contribution in [0, 0.1) is 0 Å². The van der Waals surface area contributed by atoms with Crippen LogP contribution in [0.4, 0.5) is 24.0 Å². The van der Waals surface area contributed by atoms with Crippen molar-refractivity contribution < 1.29 is 32.6 Å². The second-order valence-electron chi connectivity index (χ2n) is 6.86. The number of aliphatic hydroxyl groups excluding tert-OH is 1. The maximum absolute atomic E-state index is 12.9. The lowest BCUT2D eigenvalue weighted by Gasteiger charge is -2.10. The Morgan fingerprint density at radius 2 is 1.79 bits per heavy atom. The average molecular weight is 488 g/mol. The predicted molar refractivity (Wildman–Crippen MR) is 119 cm³/mol. The molecule has 12 heteroatoms. The Labute approximate surface area is 194 Å². The molecule has 0 bridgehead atoms. The molecule has 0 spiro atoms. The Balaban J connectivity index is 1.48. The first-order valence-electron chi connectivity index (χ1n) is 9.66. The molecule has 0 radical (unpaired) electrons. The first-order valence-corrected chi connectivity index (χ1v) is 10.5. The number of anilines is 2. The summed E-state index contributed by atoms with van der Waals surface area (Å²) >= 11 is 1.10. The number of nitrogens with one attached hydrogen (secondary N) is 2. The number of hydrogen-bond donors (Lipinski definition) is 3. The van der Waals surface area contributed by atoms with Gasteiger partial charge in [-0.05, 0) is 36.4 Å². The van der Waals surface area contributed by atoms with Gasteiger partial charge in [-0.25, -0.2) is 9.97 Å². The average Bonchev–Trinajstić information content (AvgIpc) is 3.20. The summed E-state index contributed by atoms with van der Waals surface area (Å²) in [5.74, 6) is -0.756. The molecule has 174 valence electrons.